The Bertz CT molecular complexity index is 799. The molecule has 0 fully saturated rings. The van der Waals surface area contributed by atoms with Crippen molar-refractivity contribution in [2.45, 2.75) is 13.0 Å². The Balaban J connectivity index is 1.78. The molecule has 1 heterocycles. The third kappa shape index (κ3) is 3.27. The molecular weight excluding hydrogens is 308 g/mol. The molecule has 0 saturated carbocycles. The second-order valence-electron chi connectivity index (χ2n) is 5.53. The highest BCUT2D eigenvalue weighted by molar-refractivity contribution is 6.05. The summed E-state index contributed by atoms with van der Waals surface area (Å²) in [5, 5.41) is 10.6. The van der Waals surface area contributed by atoms with Crippen LogP contribution in [0.1, 0.15) is 12.5 Å². The number of carbonyl (C=O) groups is 1. The number of nitrogens with zero attached hydrogens (tertiary/aromatic N) is 2. The molecular formula is C18H16N2O4. The third-order valence-electron chi connectivity index (χ3n) is 3.71. The van der Waals surface area contributed by atoms with Gasteiger partial charge >= 0.3 is 0 Å². The van der Waals surface area contributed by atoms with Crippen LogP contribution in [0.2, 0.25) is 0 Å². The lowest BCUT2D eigenvalue weighted by Gasteiger charge is -2.32. The van der Waals surface area contributed by atoms with Crippen LogP contribution in [0.25, 0.3) is 6.08 Å². The highest BCUT2D eigenvalue weighted by Gasteiger charge is 2.25. The Morgan fingerprint density at radius 3 is 2.67 bits per heavy atom. The van der Waals surface area contributed by atoms with Crippen LogP contribution in [-0.2, 0) is 4.79 Å². The van der Waals surface area contributed by atoms with E-state index in [-0.39, 0.29) is 17.7 Å². The summed E-state index contributed by atoms with van der Waals surface area (Å²) in [4.78, 5) is 24.4. The highest BCUT2D eigenvalue weighted by Crippen LogP contribution is 2.33. The lowest BCUT2D eigenvalue weighted by atomic mass is 10.1. The molecule has 1 aliphatic rings. The summed E-state index contributed by atoms with van der Waals surface area (Å²) >= 11 is 0. The van der Waals surface area contributed by atoms with Crippen LogP contribution in [0.5, 0.6) is 5.75 Å². The summed E-state index contributed by atoms with van der Waals surface area (Å²) in [6.07, 6.45) is 3.03. The molecule has 6 nitrogen and oxygen atoms in total. The summed E-state index contributed by atoms with van der Waals surface area (Å²) in [5.41, 5.74) is 1.49. The van der Waals surface area contributed by atoms with Gasteiger partial charge in [-0.05, 0) is 42.8 Å². The predicted octanol–water partition coefficient (Wildman–Crippen LogP) is 3.42. The number of para-hydroxylation sites is 2. The van der Waals surface area contributed by atoms with Crippen molar-refractivity contribution in [3.63, 3.8) is 0 Å². The molecule has 2 aromatic rings. The van der Waals surface area contributed by atoms with E-state index >= 15 is 0 Å². The maximum atomic E-state index is 12.5. The van der Waals surface area contributed by atoms with Crippen molar-refractivity contribution in [3.05, 3.63) is 70.3 Å². The molecule has 1 unspecified atom stereocenters. The molecule has 1 atom stereocenters. The molecule has 6 heteroatoms. The molecule has 24 heavy (non-hydrogen) atoms. The van der Waals surface area contributed by atoms with Crippen molar-refractivity contribution in [1.82, 2.24) is 0 Å². The van der Waals surface area contributed by atoms with Crippen LogP contribution in [0, 0.1) is 10.1 Å². The second-order valence-corrected chi connectivity index (χ2v) is 5.53. The number of anilines is 1. The first-order valence-electron chi connectivity index (χ1n) is 7.54. The van der Waals surface area contributed by atoms with E-state index in [1.807, 2.05) is 31.2 Å². The summed E-state index contributed by atoms with van der Waals surface area (Å²) in [5.74, 6) is 0.532. The maximum absolute atomic E-state index is 12.5. The molecule has 2 aromatic carbocycles. The molecule has 122 valence electrons. The molecule has 0 radical (unpaired) electrons. The third-order valence-corrected chi connectivity index (χ3v) is 3.71. The van der Waals surface area contributed by atoms with E-state index < -0.39 is 4.92 Å². The van der Waals surface area contributed by atoms with Crippen molar-refractivity contribution in [3.8, 4) is 5.75 Å². The van der Waals surface area contributed by atoms with Gasteiger partial charge in [-0.25, -0.2) is 0 Å². The molecule has 0 N–H and O–H groups in total. The minimum Gasteiger partial charge on any atom is -0.487 e. The van der Waals surface area contributed by atoms with Gasteiger partial charge in [-0.1, -0.05) is 12.1 Å². The maximum Gasteiger partial charge on any atom is 0.269 e. The van der Waals surface area contributed by atoms with Crippen molar-refractivity contribution < 1.29 is 14.5 Å². The van der Waals surface area contributed by atoms with Gasteiger partial charge in [0.15, 0.2) is 0 Å². The Morgan fingerprint density at radius 2 is 1.96 bits per heavy atom. The minimum absolute atomic E-state index is 0.0226. The number of hydrogen-bond acceptors (Lipinski definition) is 4. The zero-order chi connectivity index (χ0) is 17.1. The molecule has 0 spiro atoms. The van der Waals surface area contributed by atoms with Crippen LogP contribution in [0.4, 0.5) is 11.4 Å². The highest BCUT2D eigenvalue weighted by atomic mass is 16.6. The molecule has 0 saturated heterocycles. The van der Waals surface area contributed by atoms with Crippen LogP contribution in [-0.4, -0.2) is 23.5 Å². The van der Waals surface area contributed by atoms with Gasteiger partial charge in [0.05, 0.1) is 17.2 Å². The van der Waals surface area contributed by atoms with Gasteiger partial charge in [0.25, 0.3) is 11.6 Å². The first kappa shape index (κ1) is 15.7. The van der Waals surface area contributed by atoms with E-state index in [1.165, 1.54) is 18.2 Å². The summed E-state index contributed by atoms with van der Waals surface area (Å²) < 4.78 is 5.73. The number of nitro benzene ring substituents is 1. The Hall–Kier alpha value is -3.15. The zero-order valence-electron chi connectivity index (χ0n) is 13.1. The topological polar surface area (TPSA) is 72.7 Å². The Morgan fingerprint density at radius 1 is 1.25 bits per heavy atom. The van der Waals surface area contributed by atoms with E-state index in [9.17, 15) is 14.9 Å². The van der Waals surface area contributed by atoms with E-state index in [0.717, 1.165) is 11.3 Å². The monoisotopic (exact) mass is 324 g/mol. The van der Waals surface area contributed by atoms with Gasteiger partial charge in [0, 0.05) is 18.2 Å². The van der Waals surface area contributed by atoms with Crippen LogP contribution >= 0.6 is 0 Å². The normalized spacial score (nSPS) is 16.5. The Labute approximate surface area is 139 Å². The van der Waals surface area contributed by atoms with Crippen LogP contribution < -0.4 is 9.64 Å². The number of ether oxygens (including phenoxy) is 1. The average Bonchev–Trinajstić information content (AvgIpc) is 2.59. The average molecular weight is 324 g/mol. The minimum atomic E-state index is -0.454. The fourth-order valence-corrected chi connectivity index (χ4v) is 2.56. The van der Waals surface area contributed by atoms with Gasteiger partial charge in [-0.15, -0.1) is 0 Å². The van der Waals surface area contributed by atoms with E-state index in [2.05, 4.69) is 0 Å². The second kappa shape index (κ2) is 6.54. The summed E-state index contributed by atoms with van der Waals surface area (Å²) in [6, 6.07) is 13.5. The summed E-state index contributed by atoms with van der Waals surface area (Å²) in [6.45, 7) is 2.39. The number of carbonyl (C=O) groups excluding carboxylic acids is 1. The SMILES string of the molecule is CC1CN(C(=O)/C=C/c2ccc([N+](=O)[O-])cc2)c2ccccc2O1. The molecule has 0 aromatic heterocycles. The van der Waals surface area contributed by atoms with Gasteiger partial charge in [-0.3, -0.25) is 14.9 Å². The fourth-order valence-electron chi connectivity index (χ4n) is 2.56. The van der Waals surface area contributed by atoms with E-state index in [4.69, 9.17) is 4.74 Å². The quantitative estimate of drug-likeness (QED) is 0.492. The van der Waals surface area contributed by atoms with E-state index in [1.54, 1.807) is 23.1 Å². The molecule has 0 aliphatic carbocycles. The first-order chi connectivity index (χ1) is 11.5. The fraction of sp³-hybridized carbons (Fsp3) is 0.167. The van der Waals surface area contributed by atoms with Gasteiger partial charge in [-0.2, -0.15) is 0 Å². The number of fused-ring (bicyclic) bond motifs is 1. The number of hydrogen-bond donors (Lipinski definition) is 0. The number of nitro groups is 1. The largest absolute Gasteiger partial charge is 0.487 e. The Kier molecular flexibility index (Phi) is 4.29. The first-order valence-corrected chi connectivity index (χ1v) is 7.54. The number of non-ortho nitro benzene ring substituents is 1. The number of benzene rings is 2. The molecule has 0 bridgehead atoms. The van der Waals surface area contributed by atoms with Crippen molar-refractivity contribution in [1.29, 1.82) is 0 Å². The number of amides is 1. The standard InChI is InChI=1S/C18H16N2O4/c1-13-12-19(16-4-2-3-5-17(16)24-13)18(21)11-8-14-6-9-15(10-7-14)20(22)23/h2-11,13H,12H2,1H3/b11-8+. The van der Waals surface area contributed by atoms with Gasteiger partial charge in [0.2, 0.25) is 0 Å². The molecule has 1 aliphatic heterocycles. The van der Waals surface area contributed by atoms with E-state index in [0.29, 0.717) is 12.3 Å². The van der Waals surface area contributed by atoms with Crippen molar-refractivity contribution in [2.75, 3.05) is 11.4 Å². The van der Waals surface area contributed by atoms with Crippen LogP contribution in [0.15, 0.2) is 54.6 Å². The lowest BCUT2D eigenvalue weighted by molar-refractivity contribution is -0.384. The van der Waals surface area contributed by atoms with Gasteiger partial charge < -0.3 is 9.64 Å². The van der Waals surface area contributed by atoms with Gasteiger partial charge in [0.1, 0.15) is 11.9 Å². The smallest absolute Gasteiger partial charge is 0.269 e. The molecule has 3 rings (SSSR count). The van der Waals surface area contributed by atoms with Crippen molar-refractivity contribution in [2.24, 2.45) is 0 Å². The molecule has 1 amide bonds. The zero-order valence-corrected chi connectivity index (χ0v) is 13.1. The van der Waals surface area contributed by atoms with Crippen LogP contribution in [0.3, 0.4) is 0 Å². The number of rotatable bonds is 3. The van der Waals surface area contributed by atoms with Crippen molar-refractivity contribution >= 4 is 23.4 Å². The summed E-state index contributed by atoms with van der Waals surface area (Å²) in [7, 11) is 0. The lowest BCUT2D eigenvalue weighted by Crippen LogP contribution is -2.41. The predicted molar refractivity (Wildman–Crippen MR) is 91.0 cm³/mol.